The molecule has 0 aliphatic heterocycles. The zero-order chi connectivity index (χ0) is 16.4. The summed E-state index contributed by atoms with van der Waals surface area (Å²) in [6.07, 6.45) is 3.51. The highest BCUT2D eigenvalue weighted by Gasteiger charge is 2.21. The number of aromatic amines is 1. The Bertz CT molecular complexity index is 837. The summed E-state index contributed by atoms with van der Waals surface area (Å²) in [4.78, 5) is 23.2. The lowest BCUT2D eigenvalue weighted by Gasteiger charge is -2.25. The van der Waals surface area contributed by atoms with Gasteiger partial charge in [-0.2, -0.15) is 0 Å². The molecule has 1 aromatic carbocycles. The number of nitrogens with zero attached hydrogens (tertiary/aromatic N) is 2. The summed E-state index contributed by atoms with van der Waals surface area (Å²) in [5, 5.41) is 2.89. The number of H-pyrrole nitrogens is 1. The van der Waals surface area contributed by atoms with E-state index < -0.39 is 0 Å². The van der Waals surface area contributed by atoms with Crippen LogP contribution in [0.2, 0.25) is 0 Å². The maximum atomic E-state index is 11.2. The molecular formula is C18H20N4O. The van der Waals surface area contributed by atoms with Gasteiger partial charge in [0.15, 0.2) is 0 Å². The fraction of sp³-hybridized carbons (Fsp3) is 0.278. The van der Waals surface area contributed by atoms with Gasteiger partial charge in [-0.3, -0.25) is 9.78 Å². The molecule has 23 heavy (non-hydrogen) atoms. The van der Waals surface area contributed by atoms with Crippen molar-refractivity contribution >= 4 is 16.9 Å². The zero-order valence-electron chi connectivity index (χ0n) is 13.6. The van der Waals surface area contributed by atoms with Crippen molar-refractivity contribution in [1.29, 1.82) is 0 Å². The smallest absolute Gasteiger partial charge is 0.216 e. The first-order valence-corrected chi connectivity index (χ1v) is 7.61. The van der Waals surface area contributed by atoms with Crippen molar-refractivity contribution in [2.45, 2.75) is 26.2 Å². The fourth-order valence-corrected chi connectivity index (χ4v) is 2.52. The third kappa shape index (κ3) is 3.23. The van der Waals surface area contributed by atoms with Gasteiger partial charge in [0.25, 0.3) is 0 Å². The molecule has 5 nitrogen and oxygen atoms in total. The number of aromatic nitrogens is 3. The van der Waals surface area contributed by atoms with Crippen LogP contribution < -0.4 is 5.32 Å². The summed E-state index contributed by atoms with van der Waals surface area (Å²) < 4.78 is 0. The van der Waals surface area contributed by atoms with E-state index in [9.17, 15) is 4.79 Å². The van der Waals surface area contributed by atoms with Gasteiger partial charge in [-0.1, -0.05) is 19.9 Å². The van der Waals surface area contributed by atoms with E-state index in [0.717, 1.165) is 28.0 Å². The van der Waals surface area contributed by atoms with Crippen molar-refractivity contribution in [3.8, 4) is 11.4 Å². The number of carbonyl (C=O) groups excluding carboxylic acids is 1. The number of imidazole rings is 1. The molecule has 0 fully saturated rings. The minimum atomic E-state index is -0.157. The highest BCUT2D eigenvalue weighted by atomic mass is 16.1. The molecule has 2 heterocycles. The van der Waals surface area contributed by atoms with Crippen molar-refractivity contribution in [2.24, 2.45) is 0 Å². The van der Waals surface area contributed by atoms with Gasteiger partial charge >= 0.3 is 0 Å². The average Bonchev–Trinajstić information content (AvgIpc) is 2.97. The lowest BCUT2D eigenvalue weighted by atomic mass is 9.84. The maximum absolute atomic E-state index is 11.2. The van der Waals surface area contributed by atoms with E-state index >= 15 is 0 Å². The van der Waals surface area contributed by atoms with Crippen LogP contribution in [-0.2, 0) is 10.2 Å². The summed E-state index contributed by atoms with van der Waals surface area (Å²) in [5.74, 6) is 0.818. The van der Waals surface area contributed by atoms with Crippen LogP contribution in [0.15, 0.2) is 42.7 Å². The number of benzene rings is 1. The monoisotopic (exact) mass is 308 g/mol. The Morgan fingerprint density at radius 1 is 1.22 bits per heavy atom. The minimum absolute atomic E-state index is 0.0149. The van der Waals surface area contributed by atoms with Crippen LogP contribution in [0.25, 0.3) is 22.4 Å². The van der Waals surface area contributed by atoms with E-state index in [4.69, 9.17) is 0 Å². The third-order valence-corrected chi connectivity index (χ3v) is 4.00. The summed E-state index contributed by atoms with van der Waals surface area (Å²) in [6.45, 7) is 6.35. The Labute approximate surface area is 135 Å². The lowest BCUT2D eigenvalue weighted by molar-refractivity contribution is -0.119. The van der Waals surface area contributed by atoms with Gasteiger partial charge in [-0.25, -0.2) is 4.98 Å². The topological polar surface area (TPSA) is 70.7 Å². The molecule has 1 amide bonds. The molecule has 0 saturated heterocycles. The number of amides is 1. The molecular weight excluding hydrogens is 288 g/mol. The number of pyridine rings is 1. The molecule has 0 atom stereocenters. The normalized spacial score (nSPS) is 11.6. The average molecular weight is 308 g/mol. The molecule has 118 valence electrons. The van der Waals surface area contributed by atoms with Crippen LogP contribution in [0.4, 0.5) is 0 Å². The van der Waals surface area contributed by atoms with Gasteiger partial charge in [0.1, 0.15) is 5.82 Å². The van der Waals surface area contributed by atoms with Crippen LogP contribution >= 0.6 is 0 Å². The molecule has 3 rings (SSSR count). The Hall–Kier alpha value is -2.69. The molecule has 0 radical (unpaired) electrons. The van der Waals surface area contributed by atoms with Gasteiger partial charge in [-0.15, -0.1) is 0 Å². The third-order valence-electron chi connectivity index (χ3n) is 4.00. The molecule has 3 aromatic rings. The Kier molecular flexibility index (Phi) is 3.86. The second-order valence-electron chi connectivity index (χ2n) is 6.35. The highest BCUT2D eigenvalue weighted by molar-refractivity contribution is 5.80. The Morgan fingerprint density at radius 2 is 1.96 bits per heavy atom. The first-order chi connectivity index (χ1) is 11.0. The standard InChI is InChI=1S/C18H20N4O/c1-12(23)20-11-18(2,3)14-4-5-15-16(10-14)22-17(21-15)13-6-8-19-9-7-13/h4-10H,11H2,1-3H3,(H,20,23)(H,21,22). The summed E-state index contributed by atoms with van der Waals surface area (Å²) in [7, 11) is 0. The Morgan fingerprint density at radius 3 is 2.65 bits per heavy atom. The summed E-state index contributed by atoms with van der Waals surface area (Å²) in [6, 6.07) is 10.1. The first kappa shape index (κ1) is 15.2. The molecule has 0 spiro atoms. The number of hydrogen-bond donors (Lipinski definition) is 2. The van der Waals surface area contributed by atoms with Crippen molar-refractivity contribution in [1.82, 2.24) is 20.3 Å². The summed E-state index contributed by atoms with van der Waals surface area (Å²) in [5.41, 5.74) is 3.92. The van der Waals surface area contributed by atoms with Crippen molar-refractivity contribution in [2.75, 3.05) is 6.54 Å². The fourth-order valence-electron chi connectivity index (χ4n) is 2.52. The van der Waals surface area contributed by atoms with E-state index in [-0.39, 0.29) is 11.3 Å². The van der Waals surface area contributed by atoms with E-state index in [2.05, 4.69) is 46.2 Å². The maximum Gasteiger partial charge on any atom is 0.216 e. The predicted molar refractivity (Wildman–Crippen MR) is 91.0 cm³/mol. The Balaban J connectivity index is 1.94. The number of rotatable bonds is 4. The second-order valence-corrected chi connectivity index (χ2v) is 6.35. The van der Waals surface area contributed by atoms with Crippen LogP contribution in [0.1, 0.15) is 26.3 Å². The van der Waals surface area contributed by atoms with Crippen molar-refractivity contribution in [3.63, 3.8) is 0 Å². The number of hydrogen-bond acceptors (Lipinski definition) is 3. The van der Waals surface area contributed by atoms with Crippen LogP contribution in [0.3, 0.4) is 0 Å². The molecule has 0 unspecified atom stereocenters. The van der Waals surface area contributed by atoms with Gasteiger partial charge in [0.2, 0.25) is 5.91 Å². The number of nitrogens with one attached hydrogen (secondary N) is 2. The lowest BCUT2D eigenvalue weighted by Crippen LogP contribution is -2.35. The predicted octanol–water partition coefficient (Wildman–Crippen LogP) is 3.04. The largest absolute Gasteiger partial charge is 0.355 e. The van der Waals surface area contributed by atoms with Gasteiger partial charge in [-0.05, 0) is 29.8 Å². The zero-order valence-corrected chi connectivity index (χ0v) is 13.6. The van der Waals surface area contributed by atoms with Gasteiger partial charge < -0.3 is 10.3 Å². The van der Waals surface area contributed by atoms with Gasteiger partial charge in [0, 0.05) is 36.8 Å². The van der Waals surface area contributed by atoms with E-state index in [1.807, 2.05) is 18.2 Å². The van der Waals surface area contributed by atoms with Crippen LogP contribution in [0, 0.1) is 0 Å². The molecule has 2 N–H and O–H groups in total. The first-order valence-electron chi connectivity index (χ1n) is 7.61. The number of fused-ring (bicyclic) bond motifs is 1. The van der Waals surface area contributed by atoms with Crippen LogP contribution in [-0.4, -0.2) is 27.4 Å². The van der Waals surface area contributed by atoms with Crippen molar-refractivity contribution in [3.05, 3.63) is 48.3 Å². The molecule has 0 saturated carbocycles. The highest BCUT2D eigenvalue weighted by Crippen LogP contribution is 2.27. The second kappa shape index (κ2) is 5.83. The molecule has 0 aliphatic carbocycles. The molecule has 0 aliphatic rings. The van der Waals surface area contributed by atoms with E-state index in [1.54, 1.807) is 12.4 Å². The van der Waals surface area contributed by atoms with E-state index in [1.165, 1.54) is 6.92 Å². The molecule has 5 heteroatoms. The van der Waals surface area contributed by atoms with E-state index in [0.29, 0.717) is 6.54 Å². The van der Waals surface area contributed by atoms with Gasteiger partial charge in [0.05, 0.1) is 11.0 Å². The number of carbonyl (C=O) groups is 1. The SMILES string of the molecule is CC(=O)NCC(C)(C)c1ccc2[nH]c(-c3ccncc3)nc2c1. The minimum Gasteiger partial charge on any atom is -0.355 e. The summed E-state index contributed by atoms with van der Waals surface area (Å²) >= 11 is 0. The molecule has 0 bridgehead atoms. The van der Waals surface area contributed by atoms with Crippen LogP contribution in [0.5, 0.6) is 0 Å². The quantitative estimate of drug-likeness (QED) is 0.778. The van der Waals surface area contributed by atoms with Crippen molar-refractivity contribution < 1.29 is 4.79 Å². The molecule has 2 aromatic heterocycles.